The van der Waals surface area contributed by atoms with E-state index >= 15 is 0 Å². The average Bonchev–Trinajstić information content (AvgIpc) is 3.10. The molecule has 3 heteroatoms. The van der Waals surface area contributed by atoms with Gasteiger partial charge in [0.25, 0.3) is 0 Å². The quantitative estimate of drug-likeness (QED) is 0.794. The zero-order valence-electron chi connectivity index (χ0n) is 12.0. The maximum atomic E-state index is 6.31. The van der Waals surface area contributed by atoms with Crippen LogP contribution in [0.5, 0.6) is 0 Å². The molecule has 20 heavy (non-hydrogen) atoms. The Kier molecular flexibility index (Phi) is 3.09. The fourth-order valence-electron chi connectivity index (χ4n) is 3.71. The number of benzene rings is 1. The summed E-state index contributed by atoms with van der Waals surface area (Å²) in [5, 5.41) is 0. The summed E-state index contributed by atoms with van der Waals surface area (Å²) in [5.41, 5.74) is 2.79. The highest BCUT2D eigenvalue weighted by Gasteiger charge is 2.54. The van der Waals surface area contributed by atoms with Gasteiger partial charge in [-0.05, 0) is 43.7 Å². The second-order valence-corrected chi connectivity index (χ2v) is 6.45. The van der Waals surface area contributed by atoms with Crippen LogP contribution in [0.3, 0.4) is 0 Å². The second kappa shape index (κ2) is 4.83. The molecule has 2 saturated heterocycles. The Labute approximate surface area is 120 Å². The van der Waals surface area contributed by atoms with Crippen molar-refractivity contribution in [1.82, 2.24) is 0 Å². The molecule has 0 spiro atoms. The molecule has 3 aliphatic rings. The van der Waals surface area contributed by atoms with Crippen molar-refractivity contribution in [3.05, 3.63) is 35.4 Å². The van der Waals surface area contributed by atoms with Gasteiger partial charge in [-0.15, -0.1) is 0 Å². The zero-order valence-corrected chi connectivity index (χ0v) is 12.0. The summed E-state index contributed by atoms with van der Waals surface area (Å²) >= 11 is 0. The number of epoxide rings is 1. The van der Waals surface area contributed by atoms with Crippen LogP contribution in [-0.4, -0.2) is 31.2 Å². The Morgan fingerprint density at radius 2 is 2.10 bits per heavy atom. The lowest BCUT2D eigenvalue weighted by Gasteiger charge is -2.30. The largest absolute Gasteiger partial charge is 0.369 e. The first kappa shape index (κ1) is 12.8. The summed E-state index contributed by atoms with van der Waals surface area (Å²) in [5.74, 6) is 0.351. The predicted molar refractivity (Wildman–Crippen MR) is 75.7 cm³/mol. The van der Waals surface area contributed by atoms with Crippen molar-refractivity contribution in [3.8, 4) is 0 Å². The van der Waals surface area contributed by atoms with Gasteiger partial charge >= 0.3 is 0 Å². The van der Waals surface area contributed by atoms with Crippen molar-refractivity contribution in [2.75, 3.05) is 13.2 Å². The van der Waals surface area contributed by atoms with Crippen LogP contribution < -0.4 is 0 Å². The van der Waals surface area contributed by atoms with Crippen molar-refractivity contribution in [2.24, 2.45) is 0 Å². The lowest BCUT2D eigenvalue weighted by atomic mass is 9.87. The molecule has 0 saturated carbocycles. The van der Waals surface area contributed by atoms with Crippen molar-refractivity contribution in [2.45, 2.75) is 56.5 Å². The Hall–Kier alpha value is -0.900. The minimum Gasteiger partial charge on any atom is -0.369 e. The molecule has 2 aliphatic heterocycles. The third kappa shape index (κ3) is 2.18. The van der Waals surface area contributed by atoms with Crippen LogP contribution in [0.2, 0.25) is 0 Å². The van der Waals surface area contributed by atoms with Gasteiger partial charge in [0.05, 0.1) is 18.3 Å². The average molecular weight is 274 g/mol. The number of rotatable bonds is 3. The number of hydrogen-bond acceptors (Lipinski definition) is 3. The summed E-state index contributed by atoms with van der Waals surface area (Å²) in [6.07, 6.45) is 4.56. The van der Waals surface area contributed by atoms with E-state index in [0.717, 1.165) is 32.5 Å². The van der Waals surface area contributed by atoms with Gasteiger partial charge < -0.3 is 14.2 Å². The topological polar surface area (TPSA) is 31.0 Å². The van der Waals surface area contributed by atoms with Crippen LogP contribution in [0, 0.1) is 0 Å². The molecule has 4 rings (SSSR count). The molecule has 1 aliphatic carbocycles. The van der Waals surface area contributed by atoms with E-state index < -0.39 is 0 Å². The van der Waals surface area contributed by atoms with Crippen LogP contribution in [-0.2, 0) is 20.6 Å². The third-order valence-corrected chi connectivity index (χ3v) is 4.91. The zero-order chi connectivity index (χ0) is 13.6. The van der Waals surface area contributed by atoms with E-state index in [9.17, 15) is 0 Å². The van der Waals surface area contributed by atoms with Gasteiger partial charge in [0.1, 0.15) is 0 Å². The SMILES string of the molecule is C[C@]1([C@H]2c3ccccc3C[C@@H]2O[C@@H]2CCCCO2)CO1. The highest BCUT2D eigenvalue weighted by molar-refractivity contribution is 5.40. The van der Waals surface area contributed by atoms with Crippen molar-refractivity contribution >= 4 is 0 Å². The van der Waals surface area contributed by atoms with Gasteiger partial charge in [-0.2, -0.15) is 0 Å². The maximum Gasteiger partial charge on any atom is 0.157 e. The molecule has 0 amide bonds. The maximum absolute atomic E-state index is 6.31. The Bertz CT molecular complexity index is 489. The summed E-state index contributed by atoms with van der Waals surface area (Å²) < 4.78 is 17.8. The van der Waals surface area contributed by atoms with Crippen molar-refractivity contribution in [3.63, 3.8) is 0 Å². The van der Waals surface area contributed by atoms with Gasteiger partial charge in [-0.25, -0.2) is 0 Å². The molecule has 108 valence electrons. The minimum absolute atomic E-state index is 0.0205. The molecule has 0 unspecified atom stereocenters. The van der Waals surface area contributed by atoms with E-state index in [0.29, 0.717) is 5.92 Å². The van der Waals surface area contributed by atoms with Crippen LogP contribution in [0.15, 0.2) is 24.3 Å². The first-order valence-electron chi connectivity index (χ1n) is 7.75. The van der Waals surface area contributed by atoms with Gasteiger partial charge in [0.15, 0.2) is 6.29 Å². The van der Waals surface area contributed by atoms with Gasteiger partial charge in [-0.3, -0.25) is 0 Å². The highest BCUT2D eigenvalue weighted by atomic mass is 16.7. The molecule has 2 heterocycles. The molecule has 1 aromatic carbocycles. The molecule has 0 N–H and O–H groups in total. The molecule has 1 aromatic rings. The fourth-order valence-corrected chi connectivity index (χ4v) is 3.71. The molecule has 2 fully saturated rings. The molecular weight excluding hydrogens is 252 g/mol. The number of fused-ring (bicyclic) bond motifs is 1. The first-order chi connectivity index (χ1) is 9.76. The molecule has 3 nitrogen and oxygen atoms in total. The van der Waals surface area contributed by atoms with Crippen LogP contribution in [0.4, 0.5) is 0 Å². The van der Waals surface area contributed by atoms with E-state index in [-0.39, 0.29) is 18.0 Å². The summed E-state index contributed by atoms with van der Waals surface area (Å²) in [6.45, 7) is 3.89. The van der Waals surface area contributed by atoms with Crippen LogP contribution in [0.1, 0.15) is 43.2 Å². The molecule has 4 atom stereocenters. The Morgan fingerprint density at radius 3 is 2.85 bits per heavy atom. The minimum atomic E-state index is -0.0358. The standard InChI is InChI=1S/C17H22O3/c1-17(11-19-17)16-13-7-3-2-6-12(13)10-14(16)20-15-8-4-5-9-18-15/h2-3,6-7,14-16H,4-5,8-11H2,1H3/t14-,15+,16-,17+/m0/s1. The second-order valence-electron chi connectivity index (χ2n) is 6.45. The fraction of sp³-hybridized carbons (Fsp3) is 0.647. The van der Waals surface area contributed by atoms with Crippen LogP contribution in [0.25, 0.3) is 0 Å². The summed E-state index contributed by atoms with van der Waals surface area (Å²) in [7, 11) is 0. The molecule has 0 aromatic heterocycles. The molecule has 0 bridgehead atoms. The Morgan fingerprint density at radius 1 is 1.25 bits per heavy atom. The van der Waals surface area contributed by atoms with Crippen LogP contribution >= 0.6 is 0 Å². The van der Waals surface area contributed by atoms with E-state index in [4.69, 9.17) is 14.2 Å². The molecular formula is C17H22O3. The van der Waals surface area contributed by atoms with E-state index in [1.165, 1.54) is 17.5 Å². The van der Waals surface area contributed by atoms with Gasteiger partial charge in [-0.1, -0.05) is 24.3 Å². The van der Waals surface area contributed by atoms with Gasteiger partial charge in [0.2, 0.25) is 0 Å². The predicted octanol–water partition coefficient (Wildman–Crippen LogP) is 3.03. The highest BCUT2D eigenvalue weighted by Crippen LogP contribution is 2.50. The van der Waals surface area contributed by atoms with E-state index in [2.05, 4.69) is 31.2 Å². The molecule has 0 radical (unpaired) electrons. The lowest BCUT2D eigenvalue weighted by Crippen LogP contribution is -2.35. The normalized spacial score (nSPS) is 39.5. The van der Waals surface area contributed by atoms with Crippen molar-refractivity contribution < 1.29 is 14.2 Å². The van der Waals surface area contributed by atoms with E-state index in [1.807, 2.05) is 0 Å². The third-order valence-electron chi connectivity index (χ3n) is 4.91. The van der Waals surface area contributed by atoms with E-state index in [1.54, 1.807) is 0 Å². The van der Waals surface area contributed by atoms with Crippen molar-refractivity contribution in [1.29, 1.82) is 0 Å². The van der Waals surface area contributed by atoms with Gasteiger partial charge in [0, 0.05) is 12.5 Å². The summed E-state index contributed by atoms with van der Waals surface area (Å²) in [6, 6.07) is 8.69. The Balaban J connectivity index is 1.57. The number of ether oxygens (including phenoxy) is 3. The monoisotopic (exact) mass is 274 g/mol. The smallest absolute Gasteiger partial charge is 0.157 e. The lowest BCUT2D eigenvalue weighted by molar-refractivity contribution is -0.193. The number of hydrogen-bond donors (Lipinski definition) is 0. The summed E-state index contributed by atoms with van der Waals surface area (Å²) in [4.78, 5) is 0. The first-order valence-corrected chi connectivity index (χ1v) is 7.75.